The molecule has 1 aliphatic rings. The number of hydrogen-bond acceptors (Lipinski definition) is 4. The van der Waals surface area contributed by atoms with E-state index in [1.807, 2.05) is 22.6 Å². The maximum absolute atomic E-state index is 13.9. The molecule has 0 N–H and O–H groups in total. The lowest BCUT2D eigenvalue weighted by atomic mass is 10.1. The number of alkyl halides is 3. The zero-order valence-corrected chi connectivity index (χ0v) is 20.3. The van der Waals surface area contributed by atoms with E-state index >= 15 is 0 Å². The zero-order valence-electron chi connectivity index (χ0n) is 18.1. The Morgan fingerprint density at radius 2 is 1.74 bits per heavy atom. The lowest BCUT2D eigenvalue weighted by molar-refractivity contribution is -0.114. The van der Waals surface area contributed by atoms with Crippen LogP contribution in [0, 0.1) is 9.39 Å². The summed E-state index contributed by atoms with van der Waals surface area (Å²) in [5.41, 5.74) is -1.06. The van der Waals surface area contributed by atoms with Crippen LogP contribution in [-0.2, 0) is 11.4 Å². The monoisotopic (exact) mass is 596 g/mol. The Balaban J connectivity index is 1.68. The Morgan fingerprint density at radius 3 is 2.40 bits per heavy atom. The van der Waals surface area contributed by atoms with E-state index in [1.54, 1.807) is 42.5 Å². The average molecular weight is 596 g/mol. The number of amides is 1. The number of carbonyl (C=O) groups is 1. The first-order valence-electron chi connectivity index (χ1n) is 10.2. The predicted molar refractivity (Wildman–Crippen MR) is 132 cm³/mol. The van der Waals surface area contributed by atoms with E-state index in [-0.39, 0.29) is 23.6 Å². The van der Waals surface area contributed by atoms with Crippen molar-refractivity contribution in [3.8, 4) is 11.5 Å². The predicted octanol–water partition coefficient (Wildman–Crippen LogP) is 6.37. The molecule has 0 saturated heterocycles. The summed E-state index contributed by atoms with van der Waals surface area (Å²) in [6, 6.07) is 17.0. The van der Waals surface area contributed by atoms with Crippen LogP contribution in [0.5, 0.6) is 11.5 Å². The minimum atomic E-state index is -4.84. The summed E-state index contributed by atoms with van der Waals surface area (Å²) in [6.07, 6.45) is -3.73. The van der Waals surface area contributed by atoms with Gasteiger partial charge in [0.05, 0.1) is 21.9 Å². The van der Waals surface area contributed by atoms with Gasteiger partial charge in [-0.2, -0.15) is 23.3 Å². The van der Waals surface area contributed by atoms with Crippen LogP contribution in [-0.4, -0.2) is 24.9 Å². The van der Waals surface area contributed by atoms with E-state index in [0.29, 0.717) is 14.9 Å². The summed E-state index contributed by atoms with van der Waals surface area (Å²) in [7, 11) is 1.37. The van der Waals surface area contributed by atoms with Gasteiger partial charge >= 0.3 is 6.18 Å². The molecular formula is C25H17F4IN2O3. The van der Waals surface area contributed by atoms with Crippen LogP contribution in [0.2, 0.25) is 0 Å². The van der Waals surface area contributed by atoms with E-state index in [4.69, 9.17) is 9.47 Å². The molecule has 0 radical (unpaired) electrons. The lowest BCUT2D eigenvalue weighted by Crippen LogP contribution is -2.25. The second-order valence-electron chi connectivity index (χ2n) is 7.37. The second kappa shape index (κ2) is 10.1. The number of para-hydroxylation sites is 1. The molecule has 0 saturated carbocycles. The van der Waals surface area contributed by atoms with E-state index in [9.17, 15) is 22.4 Å². The van der Waals surface area contributed by atoms with Gasteiger partial charge in [0.25, 0.3) is 5.91 Å². The van der Waals surface area contributed by atoms with Crippen molar-refractivity contribution >= 4 is 46.0 Å². The van der Waals surface area contributed by atoms with Crippen molar-refractivity contribution < 1.29 is 31.8 Å². The van der Waals surface area contributed by atoms with Gasteiger partial charge in [0.15, 0.2) is 17.2 Å². The summed E-state index contributed by atoms with van der Waals surface area (Å²) in [5.74, 6) is -0.815. The quantitative estimate of drug-likeness (QED) is 0.189. The van der Waals surface area contributed by atoms with Crippen LogP contribution in [0.3, 0.4) is 0 Å². The summed E-state index contributed by atoms with van der Waals surface area (Å²) >= 11 is 1.94. The average Bonchev–Trinajstić information content (AvgIpc) is 3.16. The molecule has 0 fully saturated rings. The Labute approximate surface area is 211 Å². The molecule has 4 rings (SSSR count). The molecule has 3 aromatic rings. The molecule has 0 spiro atoms. The molecule has 0 aromatic heterocycles. The standard InChI is InChI=1S/C25H17F4IN2O3/c1-34-21-13-15(12-20(30)22(21)35-14-16-7-5-6-10-19(16)26)11-18-23(25(27,28)29)31-32(24(18)33)17-8-3-2-4-9-17/h2-13H,14H2,1H3/b18-11-. The van der Waals surface area contributed by atoms with Gasteiger partial charge in [0, 0.05) is 5.56 Å². The highest BCUT2D eigenvalue weighted by molar-refractivity contribution is 14.1. The van der Waals surface area contributed by atoms with Crippen molar-refractivity contribution in [1.29, 1.82) is 0 Å². The van der Waals surface area contributed by atoms with Crippen LogP contribution in [0.4, 0.5) is 23.2 Å². The first-order valence-corrected chi connectivity index (χ1v) is 11.3. The van der Waals surface area contributed by atoms with E-state index in [1.165, 1.54) is 31.4 Å². The SMILES string of the molecule is COc1cc(/C=C2\C(=O)N(c3ccccc3)N=C2C(F)(F)F)cc(I)c1OCc1ccccc1F. The van der Waals surface area contributed by atoms with E-state index < -0.39 is 29.2 Å². The van der Waals surface area contributed by atoms with Crippen LogP contribution >= 0.6 is 22.6 Å². The minimum absolute atomic E-state index is 0.0745. The van der Waals surface area contributed by atoms with Gasteiger partial charge < -0.3 is 9.47 Å². The fraction of sp³-hybridized carbons (Fsp3) is 0.120. The van der Waals surface area contributed by atoms with Crippen molar-refractivity contribution in [2.24, 2.45) is 5.10 Å². The number of benzene rings is 3. The molecule has 1 aliphatic heterocycles. The number of hydrogen-bond donors (Lipinski definition) is 0. The topological polar surface area (TPSA) is 51.1 Å². The van der Waals surface area contributed by atoms with Crippen molar-refractivity contribution in [3.63, 3.8) is 0 Å². The first-order chi connectivity index (χ1) is 16.7. The largest absolute Gasteiger partial charge is 0.493 e. The molecule has 1 amide bonds. The molecule has 5 nitrogen and oxygen atoms in total. The van der Waals surface area contributed by atoms with Crippen molar-refractivity contribution in [3.05, 3.63) is 92.8 Å². The third-order valence-corrected chi connectivity index (χ3v) is 5.84. The highest BCUT2D eigenvalue weighted by atomic mass is 127. The fourth-order valence-electron chi connectivity index (χ4n) is 3.39. The normalized spacial score (nSPS) is 14.9. The van der Waals surface area contributed by atoms with Gasteiger partial charge in [-0.15, -0.1) is 0 Å². The smallest absolute Gasteiger partial charge is 0.435 e. The number of ether oxygens (including phenoxy) is 2. The molecule has 0 bridgehead atoms. The number of rotatable bonds is 6. The molecule has 0 atom stereocenters. The lowest BCUT2D eigenvalue weighted by Gasteiger charge is -2.14. The Bertz CT molecular complexity index is 1320. The van der Waals surface area contributed by atoms with E-state index in [0.717, 1.165) is 11.1 Å². The van der Waals surface area contributed by atoms with Gasteiger partial charge in [-0.1, -0.05) is 36.4 Å². The van der Waals surface area contributed by atoms with Gasteiger partial charge in [0.2, 0.25) is 0 Å². The van der Waals surface area contributed by atoms with Gasteiger partial charge in [-0.05, 0) is 64.6 Å². The number of halogens is 5. The summed E-state index contributed by atoms with van der Waals surface area (Å²) in [4.78, 5) is 12.9. The van der Waals surface area contributed by atoms with Gasteiger partial charge in [-0.3, -0.25) is 4.79 Å². The van der Waals surface area contributed by atoms with Crippen molar-refractivity contribution in [2.45, 2.75) is 12.8 Å². The molecule has 180 valence electrons. The molecule has 1 heterocycles. The van der Waals surface area contributed by atoms with Crippen LogP contribution < -0.4 is 14.5 Å². The summed E-state index contributed by atoms with van der Waals surface area (Å²) in [5, 5.41) is 4.28. The summed E-state index contributed by atoms with van der Waals surface area (Å²) < 4.78 is 66.7. The number of nitrogens with zero attached hydrogens (tertiary/aromatic N) is 2. The maximum atomic E-state index is 13.9. The van der Waals surface area contributed by atoms with Crippen LogP contribution in [0.1, 0.15) is 11.1 Å². The summed E-state index contributed by atoms with van der Waals surface area (Å²) in [6.45, 7) is -0.0745. The molecule has 35 heavy (non-hydrogen) atoms. The molecule has 3 aromatic carbocycles. The highest BCUT2D eigenvalue weighted by Crippen LogP contribution is 2.37. The molecule has 10 heteroatoms. The number of methoxy groups -OCH3 is 1. The number of carbonyl (C=O) groups excluding carboxylic acids is 1. The Hall–Kier alpha value is -3.41. The number of anilines is 1. The molecule has 0 unspecified atom stereocenters. The Morgan fingerprint density at radius 1 is 1.06 bits per heavy atom. The van der Waals surface area contributed by atoms with Crippen molar-refractivity contribution in [2.75, 3.05) is 12.1 Å². The van der Waals surface area contributed by atoms with E-state index in [2.05, 4.69) is 5.10 Å². The van der Waals surface area contributed by atoms with Crippen LogP contribution in [0.15, 0.2) is 77.4 Å². The minimum Gasteiger partial charge on any atom is -0.493 e. The highest BCUT2D eigenvalue weighted by Gasteiger charge is 2.46. The maximum Gasteiger partial charge on any atom is 0.435 e. The first kappa shape index (κ1) is 24.7. The Kier molecular flexibility index (Phi) is 7.10. The van der Waals surface area contributed by atoms with Gasteiger partial charge in [-0.25, -0.2) is 4.39 Å². The molecule has 0 aliphatic carbocycles. The molecular weight excluding hydrogens is 579 g/mol. The third-order valence-electron chi connectivity index (χ3n) is 5.04. The fourth-order valence-corrected chi connectivity index (χ4v) is 4.17. The van der Waals surface area contributed by atoms with Crippen LogP contribution in [0.25, 0.3) is 6.08 Å². The van der Waals surface area contributed by atoms with Gasteiger partial charge in [0.1, 0.15) is 12.4 Å². The third kappa shape index (κ3) is 5.31. The van der Waals surface area contributed by atoms with Crippen molar-refractivity contribution in [1.82, 2.24) is 0 Å². The second-order valence-corrected chi connectivity index (χ2v) is 8.53. The number of hydrazone groups is 1. The zero-order chi connectivity index (χ0) is 25.2.